The van der Waals surface area contributed by atoms with Crippen LogP contribution in [0.1, 0.15) is 32.9 Å². The number of hydrogen-bond acceptors (Lipinski definition) is 5. The second kappa shape index (κ2) is 6.85. The van der Waals surface area contributed by atoms with Crippen LogP contribution in [0.25, 0.3) is 0 Å². The van der Waals surface area contributed by atoms with Crippen LogP contribution < -0.4 is 5.32 Å². The number of ether oxygens (including phenoxy) is 1. The van der Waals surface area contributed by atoms with Gasteiger partial charge in [-0.05, 0) is 18.4 Å². The second-order valence-corrected chi connectivity index (χ2v) is 6.24. The standard InChI is InChI=1S/C13H22N2O2S/c1-13(2,3)5-6-14-11(12(16)17-4)7-10-8-18-9-15-10/h8-9,11,14H,5-7H2,1-4H3/t11-/m0/s1. The van der Waals surface area contributed by atoms with Crippen LogP contribution in [0.3, 0.4) is 0 Å². The lowest BCUT2D eigenvalue weighted by Crippen LogP contribution is -2.40. The molecule has 18 heavy (non-hydrogen) atoms. The summed E-state index contributed by atoms with van der Waals surface area (Å²) in [5.41, 5.74) is 2.96. The van der Waals surface area contributed by atoms with Gasteiger partial charge in [-0.25, -0.2) is 4.98 Å². The highest BCUT2D eigenvalue weighted by Gasteiger charge is 2.20. The van der Waals surface area contributed by atoms with E-state index >= 15 is 0 Å². The molecule has 0 saturated heterocycles. The van der Waals surface area contributed by atoms with Crippen LogP contribution in [0, 0.1) is 5.41 Å². The predicted molar refractivity (Wildman–Crippen MR) is 73.7 cm³/mol. The molecule has 0 fully saturated rings. The number of carbonyl (C=O) groups is 1. The first-order chi connectivity index (χ1) is 8.42. The summed E-state index contributed by atoms with van der Waals surface area (Å²) >= 11 is 1.54. The minimum absolute atomic E-state index is 0.225. The van der Waals surface area contributed by atoms with Gasteiger partial charge in [0.1, 0.15) is 6.04 Å². The van der Waals surface area contributed by atoms with Crippen molar-refractivity contribution in [2.24, 2.45) is 5.41 Å². The Bertz CT molecular complexity index is 358. The van der Waals surface area contributed by atoms with Crippen molar-refractivity contribution in [1.82, 2.24) is 10.3 Å². The molecule has 1 atom stereocenters. The summed E-state index contributed by atoms with van der Waals surface area (Å²) in [4.78, 5) is 15.9. The summed E-state index contributed by atoms with van der Waals surface area (Å²) < 4.78 is 4.82. The van der Waals surface area contributed by atoms with Crippen LogP contribution >= 0.6 is 11.3 Å². The van der Waals surface area contributed by atoms with E-state index in [1.165, 1.54) is 18.4 Å². The van der Waals surface area contributed by atoms with Crippen LogP contribution in [0.5, 0.6) is 0 Å². The Morgan fingerprint density at radius 3 is 2.78 bits per heavy atom. The summed E-state index contributed by atoms with van der Waals surface area (Å²) in [6, 6.07) is -0.306. The van der Waals surface area contributed by atoms with Crippen molar-refractivity contribution in [3.05, 3.63) is 16.6 Å². The molecule has 0 aromatic carbocycles. The van der Waals surface area contributed by atoms with E-state index in [0.29, 0.717) is 6.42 Å². The summed E-state index contributed by atoms with van der Waals surface area (Å²) in [5.74, 6) is -0.225. The minimum atomic E-state index is -0.306. The minimum Gasteiger partial charge on any atom is -0.468 e. The normalized spacial score (nSPS) is 13.3. The maximum absolute atomic E-state index is 11.7. The Balaban J connectivity index is 2.49. The summed E-state index contributed by atoms with van der Waals surface area (Å²) in [6.07, 6.45) is 1.60. The lowest BCUT2D eigenvalue weighted by atomic mass is 9.92. The van der Waals surface area contributed by atoms with Crippen molar-refractivity contribution < 1.29 is 9.53 Å². The first-order valence-electron chi connectivity index (χ1n) is 6.10. The molecule has 1 rings (SSSR count). The third-order valence-electron chi connectivity index (χ3n) is 2.65. The third kappa shape index (κ3) is 5.60. The number of hydrogen-bond donors (Lipinski definition) is 1. The number of esters is 1. The van der Waals surface area contributed by atoms with Gasteiger partial charge in [0.2, 0.25) is 0 Å². The smallest absolute Gasteiger partial charge is 0.323 e. The van der Waals surface area contributed by atoms with Gasteiger partial charge in [-0.2, -0.15) is 0 Å². The molecule has 5 heteroatoms. The monoisotopic (exact) mass is 270 g/mol. The highest BCUT2D eigenvalue weighted by atomic mass is 32.1. The Hall–Kier alpha value is -0.940. The van der Waals surface area contributed by atoms with Crippen molar-refractivity contribution in [1.29, 1.82) is 0 Å². The summed E-state index contributed by atoms with van der Waals surface area (Å²) in [7, 11) is 1.42. The number of methoxy groups -OCH3 is 1. The first-order valence-corrected chi connectivity index (χ1v) is 7.05. The predicted octanol–water partition coefficient (Wildman–Crippen LogP) is 2.25. The molecule has 0 unspecified atom stereocenters. The quantitative estimate of drug-likeness (QED) is 0.806. The van der Waals surface area contributed by atoms with Gasteiger partial charge in [0.25, 0.3) is 0 Å². The molecule has 0 amide bonds. The first kappa shape index (κ1) is 15.1. The molecule has 0 saturated carbocycles. The molecular formula is C13H22N2O2S. The number of nitrogens with one attached hydrogen (secondary N) is 1. The highest BCUT2D eigenvalue weighted by molar-refractivity contribution is 7.07. The number of carbonyl (C=O) groups excluding carboxylic acids is 1. The fourth-order valence-corrected chi connectivity index (χ4v) is 2.12. The summed E-state index contributed by atoms with van der Waals surface area (Å²) in [6.45, 7) is 7.35. The molecule has 1 aromatic rings. The third-order valence-corrected chi connectivity index (χ3v) is 3.28. The zero-order valence-electron chi connectivity index (χ0n) is 11.5. The lowest BCUT2D eigenvalue weighted by Gasteiger charge is -2.21. The van der Waals surface area contributed by atoms with E-state index < -0.39 is 0 Å². The van der Waals surface area contributed by atoms with Crippen LogP contribution in [0.2, 0.25) is 0 Å². The molecule has 1 aromatic heterocycles. The molecule has 0 aliphatic carbocycles. The molecule has 0 aliphatic heterocycles. The van der Waals surface area contributed by atoms with Gasteiger partial charge in [0, 0.05) is 11.8 Å². The van der Waals surface area contributed by atoms with Crippen molar-refractivity contribution in [3.8, 4) is 0 Å². The van der Waals surface area contributed by atoms with Crippen LogP contribution in [-0.2, 0) is 16.0 Å². The van der Waals surface area contributed by atoms with E-state index in [1.807, 2.05) is 5.38 Å². The molecular weight excluding hydrogens is 248 g/mol. The fraction of sp³-hybridized carbons (Fsp3) is 0.692. The fourth-order valence-electron chi connectivity index (χ4n) is 1.55. The second-order valence-electron chi connectivity index (χ2n) is 5.52. The van der Waals surface area contributed by atoms with Crippen molar-refractivity contribution in [2.75, 3.05) is 13.7 Å². The van der Waals surface area contributed by atoms with Crippen LogP contribution in [0.15, 0.2) is 10.9 Å². The Kier molecular flexibility index (Phi) is 5.75. The van der Waals surface area contributed by atoms with Crippen molar-refractivity contribution >= 4 is 17.3 Å². The van der Waals surface area contributed by atoms with Crippen LogP contribution in [-0.4, -0.2) is 30.6 Å². The Labute approximate surface area is 113 Å². The van der Waals surface area contributed by atoms with E-state index in [9.17, 15) is 4.79 Å². The van der Waals surface area contributed by atoms with Crippen LogP contribution in [0.4, 0.5) is 0 Å². The van der Waals surface area contributed by atoms with Gasteiger partial charge in [-0.1, -0.05) is 20.8 Å². The molecule has 1 N–H and O–H groups in total. The SMILES string of the molecule is COC(=O)[C@H](Cc1cscn1)NCCC(C)(C)C. The van der Waals surface area contributed by atoms with Gasteiger partial charge in [0.05, 0.1) is 18.3 Å². The van der Waals surface area contributed by atoms with Gasteiger partial charge in [-0.15, -0.1) is 11.3 Å². The van der Waals surface area contributed by atoms with E-state index in [1.54, 1.807) is 5.51 Å². The largest absolute Gasteiger partial charge is 0.468 e. The lowest BCUT2D eigenvalue weighted by molar-refractivity contribution is -0.143. The summed E-state index contributed by atoms with van der Waals surface area (Å²) in [5, 5.41) is 5.22. The maximum Gasteiger partial charge on any atom is 0.323 e. The highest BCUT2D eigenvalue weighted by Crippen LogP contribution is 2.17. The van der Waals surface area contributed by atoms with Gasteiger partial charge in [-0.3, -0.25) is 4.79 Å². The Morgan fingerprint density at radius 2 is 2.28 bits per heavy atom. The van der Waals surface area contributed by atoms with E-state index in [2.05, 4.69) is 31.1 Å². The molecule has 4 nitrogen and oxygen atoms in total. The molecule has 0 radical (unpaired) electrons. The van der Waals surface area contributed by atoms with E-state index in [0.717, 1.165) is 18.7 Å². The van der Waals surface area contributed by atoms with E-state index in [4.69, 9.17) is 4.74 Å². The molecule has 0 aliphatic rings. The van der Waals surface area contributed by atoms with Gasteiger partial charge < -0.3 is 10.1 Å². The molecule has 1 heterocycles. The average molecular weight is 270 g/mol. The van der Waals surface area contributed by atoms with Gasteiger partial charge >= 0.3 is 5.97 Å². The molecule has 0 bridgehead atoms. The molecule has 0 spiro atoms. The maximum atomic E-state index is 11.7. The van der Waals surface area contributed by atoms with E-state index in [-0.39, 0.29) is 17.4 Å². The molecule has 102 valence electrons. The Morgan fingerprint density at radius 1 is 1.56 bits per heavy atom. The number of nitrogens with zero attached hydrogens (tertiary/aromatic N) is 1. The average Bonchev–Trinajstić information content (AvgIpc) is 2.78. The zero-order chi connectivity index (χ0) is 13.6. The number of aromatic nitrogens is 1. The van der Waals surface area contributed by atoms with Gasteiger partial charge in [0.15, 0.2) is 0 Å². The zero-order valence-corrected chi connectivity index (χ0v) is 12.3. The van der Waals surface area contributed by atoms with Crippen molar-refractivity contribution in [2.45, 2.75) is 39.7 Å². The topological polar surface area (TPSA) is 51.2 Å². The number of rotatable bonds is 6. The number of thiazole rings is 1. The van der Waals surface area contributed by atoms with Crippen molar-refractivity contribution in [3.63, 3.8) is 0 Å².